The highest BCUT2D eigenvalue weighted by molar-refractivity contribution is 6.45. The van der Waals surface area contributed by atoms with Gasteiger partial charge in [-0.1, -0.05) is 67.4 Å². The highest BCUT2D eigenvalue weighted by atomic mass is 16.6. The molecule has 0 aromatic heterocycles. The molecular weight excluding hydrogens is 340 g/mol. The van der Waals surface area contributed by atoms with Gasteiger partial charge in [0.25, 0.3) is 5.91 Å². The van der Waals surface area contributed by atoms with E-state index >= 15 is 0 Å². The number of nitrogens with zero attached hydrogens (tertiary/aromatic N) is 1. The minimum absolute atomic E-state index is 0.232. The molecule has 144 valence electrons. The Morgan fingerprint density at radius 2 is 1.74 bits per heavy atom. The summed E-state index contributed by atoms with van der Waals surface area (Å²) in [7, 11) is 2.99. The van der Waals surface area contributed by atoms with Crippen LogP contribution in [0.3, 0.4) is 0 Å². The maximum Gasteiger partial charge on any atom is 0.273 e. The summed E-state index contributed by atoms with van der Waals surface area (Å²) in [6.07, 6.45) is 4.55. The molecule has 5 nitrogen and oxygen atoms in total. The molecule has 0 atom stereocenters. The van der Waals surface area contributed by atoms with E-state index in [2.05, 4.69) is 23.5 Å². The van der Waals surface area contributed by atoms with Crippen LogP contribution < -0.4 is 10.1 Å². The Bertz CT molecular complexity index is 772. The van der Waals surface area contributed by atoms with Crippen LogP contribution in [0, 0.1) is 0 Å². The number of hydrogen-bond donors (Lipinski definition) is 1. The van der Waals surface area contributed by atoms with E-state index in [1.54, 1.807) is 7.05 Å². The molecule has 0 aliphatic rings. The van der Waals surface area contributed by atoms with Crippen molar-refractivity contribution in [2.75, 3.05) is 14.2 Å². The van der Waals surface area contributed by atoms with Gasteiger partial charge in [-0.25, -0.2) is 0 Å². The molecule has 0 unspecified atom stereocenters. The lowest BCUT2D eigenvalue weighted by Crippen LogP contribution is -2.29. The molecule has 2 rings (SSSR count). The van der Waals surface area contributed by atoms with Gasteiger partial charge in [-0.2, -0.15) is 0 Å². The topological polar surface area (TPSA) is 59.9 Å². The maximum atomic E-state index is 12.2. The summed E-state index contributed by atoms with van der Waals surface area (Å²) in [6, 6.07) is 15.7. The molecule has 0 aliphatic heterocycles. The Hall–Kier alpha value is -2.82. The molecule has 1 N–H and O–H groups in total. The second kappa shape index (κ2) is 11.0. The zero-order chi connectivity index (χ0) is 19.5. The van der Waals surface area contributed by atoms with Crippen molar-refractivity contribution in [3.05, 3.63) is 65.2 Å². The number of rotatable bonds is 10. The fourth-order valence-corrected chi connectivity index (χ4v) is 2.87. The lowest BCUT2D eigenvalue weighted by atomic mass is 10.0. The first-order valence-electron chi connectivity index (χ1n) is 9.33. The molecule has 1 amide bonds. The Morgan fingerprint density at radius 3 is 2.44 bits per heavy atom. The fraction of sp³-hybridized carbons (Fsp3) is 0.364. The van der Waals surface area contributed by atoms with Crippen LogP contribution in [0.1, 0.15) is 42.9 Å². The Labute approximate surface area is 161 Å². The Morgan fingerprint density at radius 1 is 1.04 bits per heavy atom. The van der Waals surface area contributed by atoms with Crippen LogP contribution in [0.15, 0.2) is 53.7 Å². The number of oxime groups is 1. The van der Waals surface area contributed by atoms with Crippen molar-refractivity contribution < 1.29 is 14.4 Å². The van der Waals surface area contributed by atoms with Crippen molar-refractivity contribution >= 4 is 11.6 Å². The summed E-state index contributed by atoms with van der Waals surface area (Å²) in [6.45, 7) is 2.55. The van der Waals surface area contributed by atoms with Gasteiger partial charge >= 0.3 is 0 Å². The molecule has 0 aliphatic carbocycles. The number of benzene rings is 2. The SMILES string of the molecule is CCCCCc1ccccc1OCc1ccccc1C(=NOC)C(=O)NC. The van der Waals surface area contributed by atoms with Gasteiger partial charge in [-0.05, 0) is 30.0 Å². The minimum atomic E-state index is -0.302. The summed E-state index contributed by atoms with van der Waals surface area (Å²) < 4.78 is 6.11. The summed E-state index contributed by atoms with van der Waals surface area (Å²) in [5.41, 5.74) is 3.01. The van der Waals surface area contributed by atoms with Crippen LogP contribution in [0.2, 0.25) is 0 Å². The average Bonchev–Trinajstić information content (AvgIpc) is 2.71. The third-order valence-corrected chi connectivity index (χ3v) is 4.30. The number of para-hydroxylation sites is 1. The quantitative estimate of drug-likeness (QED) is 0.390. The van der Waals surface area contributed by atoms with Gasteiger partial charge in [0.2, 0.25) is 0 Å². The van der Waals surface area contributed by atoms with E-state index in [9.17, 15) is 4.79 Å². The summed E-state index contributed by atoms with van der Waals surface area (Å²) in [5.74, 6) is 0.581. The number of aryl methyl sites for hydroxylation is 1. The van der Waals surface area contributed by atoms with Crippen molar-refractivity contribution in [2.24, 2.45) is 5.16 Å². The molecule has 0 saturated heterocycles. The van der Waals surface area contributed by atoms with E-state index < -0.39 is 0 Å². The number of ether oxygens (including phenoxy) is 1. The molecule has 0 heterocycles. The number of hydrogen-bond acceptors (Lipinski definition) is 4. The molecule has 0 spiro atoms. The molecule has 0 saturated carbocycles. The molecule has 2 aromatic rings. The lowest BCUT2D eigenvalue weighted by molar-refractivity contribution is -0.114. The molecule has 27 heavy (non-hydrogen) atoms. The highest BCUT2D eigenvalue weighted by Crippen LogP contribution is 2.22. The third kappa shape index (κ3) is 5.84. The lowest BCUT2D eigenvalue weighted by Gasteiger charge is -2.14. The second-order valence-corrected chi connectivity index (χ2v) is 6.21. The van der Waals surface area contributed by atoms with Crippen molar-refractivity contribution in [1.29, 1.82) is 0 Å². The van der Waals surface area contributed by atoms with E-state index in [0.29, 0.717) is 12.2 Å². The molecule has 2 aromatic carbocycles. The largest absolute Gasteiger partial charge is 0.489 e. The van der Waals surface area contributed by atoms with Crippen LogP contribution in [0.5, 0.6) is 5.75 Å². The van der Waals surface area contributed by atoms with E-state index in [-0.39, 0.29) is 11.6 Å². The summed E-state index contributed by atoms with van der Waals surface area (Å²) in [5, 5.41) is 6.49. The summed E-state index contributed by atoms with van der Waals surface area (Å²) in [4.78, 5) is 17.0. The number of nitrogens with one attached hydrogen (secondary N) is 1. The molecule has 5 heteroatoms. The second-order valence-electron chi connectivity index (χ2n) is 6.21. The standard InChI is InChI=1S/C22H28N2O3/c1-4-5-6-11-17-12-8-10-15-20(17)27-16-18-13-7-9-14-19(18)21(24-26-3)22(25)23-2/h7-10,12-15H,4-6,11,16H2,1-3H3,(H,23,25). The summed E-state index contributed by atoms with van der Waals surface area (Å²) >= 11 is 0. The predicted octanol–water partition coefficient (Wildman–Crippen LogP) is 4.09. The van der Waals surface area contributed by atoms with Crippen LogP contribution in [-0.4, -0.2) is 25.8 Å². The monoisotopic (exact) mass is 368 g/mol. The van der Waals surface area contributed by atoms with Crippen LogP contribution in [0.4, 0.5) is 0 Å². The zero-order valence-electron chi connectivity index (χ0n) is 16.3. The first-order valence-corrected chi connectivity index (χ1v) is 9.33. The number of carbonyl (C=O) groups excluding carboxylic acids is 1. The van der Waals surface area contributed by atoms with Gasteiger partial charge in [0.1, 0.15) is 19.5 Å². The van der Waals surface area contributed by atoms with Gasteiger partial charge in [-0.3, -0.25) is 4.79 Å². The van der Waals surface area contributed by atoms with Gasteiger partial charge in [-0.15, -0.1) is 0 Å². The van der Waals surface area contributed by atoms with E-state index in [1.807, 2.05) is 42.5 Å². The van der Waals surface area contributed by atoms with Crippen molar-refractivity contribution in [1.82, 2.24) is 5.32 Å². The number of unbranched alkanes of at least 4 members (excludes halogenated alkanes) is 2. The van der Waals surface area contributed by atoms with E-state index in [1.165, 1.54) is 25.5 Å². The molecular formula is C22H28N2O3. The van der Waals surface area contributed by atoms with Gasteiger partial charge in [0.05, 0.1) is 0 Å². The predicted molar refractivity (Wildman–Crippen MR) is 108 cm³/mol. The van der Waals surface area contributed by atoms with Crippen LogP contribution in [0.25, 0.3) is 0 Å². The van der Waals surface area contributed by atoms with Crippen LogP contribution >= 0.6 is 0 Å². The fourth-order valence-electron chi connectivity index (χ4n) is 2.87. The Kier molecular flexibility index (Phi) is 8.36. The molecule has 0 radical (unpaired) electrons. The molecule has 0 fully saturated rings. The van der Waals surface area contributed by atoms with Gasteiger partial charge in [0.15, 0.2) is 5.71 Å². The highest BCUT2D eigenvalue weighted by Gasteiger charge is 2.17. The maximum absolute atomic E-state index is 12.2. The Balaban J connectivity index is 2.20. The van der Waals surface area contributed by atoms with Crippen LogP contribution in [-0.2, 0) is 22.7 Å². The van der Waals surface area contributed by atoms with Crippen molar-refractivity contribution in [3.8, 4) is 5.75 Å². The smallest absolute Gasteiger partial charge is 0.273 e. The third-order valence-electron chi connectivity index (χ3n) is 4.30. The van der Waals surface area contributed by atoms with Crippen molar-refractivity contribution in [2.45, 2.75) is 39.2 Å². The molecule has 0 bridgehead atoms. The first-order chi connectivity index (χ1) is 13.2. The zero-order valence-corrected chi connectivity index (χ0v) is 16.3. The van der Waals surface area contributed by atoms with E-state index in [0.717, 1.165) is 24.2 Å². The van der Waals surface area contributed by atoms with E-state index in [4.69, 9.17) is 9.57 Å². The number of likely N-dealkylation sites (N-methyl/N-ethyl adjacent to an activating group) is 1. The van der Waals surface area contributed by atoms with Gasteiger partial charge in [0, 0.05) is 12.6 Å². The number of carbonyl (C=O) groups is 1. The minimum Gasteiger partial charge on any atom is -0.489 e. The average molecular weight is 368 g/mol. The first kappa shape index (κ1) is 20.5. The normalized spacial score (nSPS) is 11.1. The van der Waals surface area contributed by atoms with Crippen molar-refractivity contribution in [3.63, 3.8) is 0 Å². The number of amides is 1. The van der Waals surface area contributed by atoms with Gasteiger partial charge < -0.3 is 14.9 Å².